The van der Waals surface area contributed by atoms with Crippen LogP contribution >= 0.6 is 0 Å². The maximum Gasteiger partial charge on any atom is 0.161 e. The third-order valence-corrected chi connectivity index (χ3v) is 1.94. The minimum atomic E-state index is 0.0976. The van der Waals surface area contributed by atoms with Crippen molar-refractivity contribution in [2.24, 2.45) is 5.10 Å². The van der Waals surface area contributed by atoms with Gasteiger partial charge in [0.2, 0.25) is 0 Å². The Morgan fingerprint density at radius 2 is 2.38 bits per heavy atom. The van der Waals surface area contributed by atoms with E-state index >= 15 is 0 Å². The van der Waals surface area contributed by atoms with Crippen molar-refractivity contribution >= 4 is 6.21 Å². The van der Waals surface area contributed by atoms with Crippen molar-refractivity contribution in [3.8, 4) is 11.5 Å². The van der Waals surface area contributed by atoms with Gasteiger partial charge in [0.1, 0.15) is 12.7 Å². The van der Waals surface area contributed by atoms with Gasteiger partial charge in [-0.2, -0.15) is 5.10 Å². The van der Waals surface area contributed by atoms with Gasteiger partial charge in [-0.05, 0) is 23.8 Å². The van der Waals surface area contributed by atoms with Gasteiger partial charge in [0, 0.05) is 0 Å². The Balaban J connectivity index is 2.22. The minimum Gasteiger partial charge on any atom is -0.504 e. The van der Waals surface area contributed by atoms with Crippen molar-refractivity contribution in [2.75, 3.05) is 7.11 Å². The Hall–Kier alpha value is -2.37. The fourth-order valence-corrected chi connectivity index (χ4v) is 1.16. The summed E-state index contributed by atoms with van der Waals surface area (Å²) in [5, 5.41) is 17.2. The second-order valence-corrected chi connectivity index (χ2v) is 2.99. The van der Waals surface area contributed by atoms with Crippen molar-refractivity contribution in [1.82, 2.24) is 14.9 Å². The third-order valence-electron chi connectivity index (χ3n) is 1.94. The molecule has 2 rings (SSSR count). The molecular formula is C10H10N4O2. The maximum absolute atomic E-state index is 9.39. The molecule has 0 spiro atoms. The van der Waals surface area contributed by atoms with E-state index in [0.29, 0.717) is 5.75 Å². The minimum absolute atomic E-state index is 0.0976. The number of aromatic hydroxyl groups is 1. The largest absolute Gasteiger partial charge is 0.504 e. The number of methoxy groups -OCH3 is 1. The molecular weight excluding hydrogens is 208 g/mol. The Labute approximate surface area is 91.8 Å². The molecule has 2 aromatic rings. The quantitative estimate of drug-likeness (QED) is 0.776. The van der Waals surface area contributed by atoms with Gasteiger partial charge in [-0.1, -0.05) is 0 Å². The molecule has 1 heterocycles. The molecule has 1 aromatic heterocycles. The van der Waals surface area contributed by atoms with Crippen molar-refractivity contribution in [3.63, 3.8) is 0 Å². The molecule has 6 nitrogen and oxygen atoms in total. The second-order valence-electron chi connectivity index (χ2n) is 2.99. The molecule has 16 heavy (non-hydrogen) atoms. The predicted molar refractivity (Wildman–Crippen MR) is 57.7 cm³/mol. The van der Waals surface area contributed by atoms with Gasteiger partial charge < -0.3 is 9.84 Å². The highest BCUT2D eigenvalue weighted by molar-refractivity contribution is 5.80. The molecule has 0 aliphatic carbocycles. The number of rotatable bonds is 3. The van der Waals surface area contributed by atoms with Gasteiger partial charge in [-0.3, -0.25) is 0 Å². The van der Waals surface area contributed by atoms with Crippen molar-refractivity contribution in [2.45, 2.75) is 0 Å². The summed E-state index contributed by atoms with van der Waals surface area (Å²) in [5.41, 5.74) is 0.796. The van der Waals surface area contributed by atoms with E-state index < -0.39 is 0 Å². The summed E-state index contributed by atoms with van der Waals surface area (Å²) >= 11 is 0. The lowest BCUT2D eigenvalue weighted by Gasteiger charge is -2.02. The van der Waals surface area contributed by atoms with Gasteiger partial charge in [0.15, 0.2) is 11.5 Å². The molecule has 0 aliphatic rings. The number of phenols is 1. The first-order valence-corrected chi connectivity index (χ1v) is 4.55. The molecule has 1 N–H and O–H groups in total. The van der Waals surface area contributed by atoms with E-state index in [1.807, 2.05) is 0 Å². The third kappa shape index (κ3) is 2.17. The van der Waals surface area contributed by atoms with E-state index in [1.165, 1.54) is 24.6 Å². The Morgan fingerprint density at radius 3 is 3.06 bits per heavy atom. The fourth-order valence-electron chi connectivity index (χ4n) is 1.16. The molecule has 6 heteroatoms. The zero-order valence-corrected chi connectivity index (χ0v) is 8.61. The lowest BCUT2D eigenvalue weighted by molar-refractivity contribution is 0.373. The number of aromatic nitrogens is 3. The van der Waals surface area contributed by atoms with E-state index in [0.717, 1.165) is 5.56 Å². The molecule has 0 bridgehead atoms. The monoisotopic (exact) mass is 218 g/mol. The zero-order chi connectivity index (χ0) is 11.4. The first-order valence-electron chi connectivity index (χ1n) is 4.55. The molecule has 1 aromatic carbocycles. The lowest BCUT2D eigenvalue weighted by Crippen LogP contribution is -1.91. The molecule has 0 fully saturated rings. The first kappa shape index (κ1) is 10.2. The van der Waals surface area contributed by atoms with Crippen LogP contribution in [-0.4, -0.2) is 33.3 Å². The summed E-state index contributed by atoms with van der Waals surface area (Å²) in [4.78, 5) is 5.09. The van der Waals surface area contributed by atoms with Crippen LogP contribution in [-0.2, 0) is 0 Å². The molecule has 0 unspecified atom stereocenters. The average molecular weight is 218 g/mol. The number of phenolic OH excluding ortho intramolecular Hbond substituents is 1. The summed E-state index contributed by atoms with van der Waals surface area (Å²) in [6.07, 6.45) is 4.47. The van der Waals surface area contributed by atoms with Crippen molar-refractivity contribution < 1.29 is 9.84 Å². The van der Waals surface area contributed by atoms with Gasteiger partial charge >= 0.3 is 0 Å². The van der Waals surface area contributed by atoms with Crippen molar-refractivity contribution in [3.05, 3.63) is 36.4 Å². The molecule has 82 valence electrons. The smallest absolute Gasteiger partial charge is 0.161 e. The predicted octanol–water partition coefficient (Wildman–Crippen LogP) is 0.874. The SMILES string of the molecule is COc1cc(C=Nn2cncn2)ccc1O. The highest BCUT2D eigenvalue weighted by Gasteiger charge is 2.00. The Kier molecular flexibility index (Phi) is 2.81. The summed E-state index contributed by atoms with van der Waals surface area (Å²) in [5.74, 6) is 0.503. The normalized spacial score (nSPS) is 10.8. The van der Waals surface area contributed by atoms with Crippen LogP contribution in [0.2, 0.25) is 0 Å². The number of hydrogen-bond acceptors (Lipinski definition) is 5. The molecule has 0 radical (unpaired) electrons. The van der Waals surface area contributed by atoms with Gasteiger partial charge in [-0.15, -0.1) is 9.89 Å². The van der Waals surface area contributed by atoms with Crippen LogP contribution in [0.5, 0.6) is 11.5 Å². The second kappa shape index (κ2) is 4.43. The first-order chi connectivity index (χ1) is 7.79. The molecule has 0 amide bonds. The molecule has 0 atom stereocenters. The Bertz CT molecular complexity index is 494. The van der Waals surface area contributed by atoms with Crippen LogP contribution in [0.1, 0.15) is 5.56 Å². The molecule has 0 aliphatic heterocycles. The van der Waals surface area contributed by atoms with Crippen LogP contribution in [0.3, 0.4) is 0 Å². The van der Waals surface area contributed by atoms with E-state index in [-0.39, 0.29) is 5.75 Å². The fraction of sp³-hybridized carbons (Fsp3) is 0.100. The summed E-state index contributed by atoms with van der Waals surface area (Å²) in [6.45, 7) is 0. The standard InChI is InChI=1S/C10H10N4O2/c1-16-10-4-8(2-3-9(10)15)5-12-14-7-11-6-13-14/h2-7,15H,1H3. The van der Waals surface area contributed by atoms with Crippen LogP contribution in [0.15, 0.2) is 36.0 Å². The van der Waals surface area contributed by atoms with Crippen LogP contribution in [0.4, 0.5) is 0 Å². The van der Waals surface area contributed by atoms with Gasteiger partial charge in [0.25, 0.3) is 0 Å². The molecule has 0 saturated heterocycles. The van der Waals surface area contributed by atoms with E-state index in [2.05, 4.69) is 15.2 Å². The highest BCUT2D eigenvalue weighted by atomic mass is 16.5. The van der Waals surface area contributed by atoms with E-state index in [1.54, 1.807) is 24.4 Å². The number of ether oxygens (including phenoxy) is 1. The van der Waals surface area contributed by atoms with Gasteiger partial charge in [-0.25, -0.2) is 4.98 Å². The zero-order valence-electron chi connectivity index (χ0n) is 8.61. The summed E-state index contributed by atoms with van der Waals surface area (Å²) in [6, 6.07) is 4.94. The van der Waals surface area contributed by atoms with Gasteiger partial charge in [0.05, 0.1) is 13.3 Å². The van der Waals surface area contributed by atoms with Crippen LogP contribution in [0, 0.1) is 0 Å². The number of benzene rings is 1. The van der Waals surface area contributed by atoms with Crippen LogP contribution in [0.25, 0.3) is 0 Å². The van der Waals surface area contributed by atoms with E-state index in [9.17, 15) is 5.11 Å². The maximum atomic E-state index is 9.39. The average Bonchev–Trinajstić information content (AvgIpc) is 2.81. The van der Waals surface area contributed by atoms with Crippen molar-refractivity contribution in [1.29, 1.82) is 0 Å². The molecule has 0 saturated carbocycles. The summed E-state index contributed by atoms with van der Waals surface area (Å²) < 4.78 is 4.98. The van der Waals surface area contributed by atoms with Crippen LogP contribution < -0.4 is 4.74 Å². The lowest BCUT2D eigenvalue weighted by atomic mass is 10.2. The van der Waals surface area contributed by atoms with E-state index in [4.69, 9.17) is 4.74 Å². The summed E-state index contributed by atoms with van der Waals surface area (Å²) in [7, 11) is 1.49. The topological polar surface area (TPSA) is 72.5 Å². The number of nitrogens with zero attached hydrogens (tertiary/aromatic N) is 4. The number of hydrogen-bond donors (Lipinski definition) is 1. The Morgan fingerprint density at radius 1 is 1.50 bits per heavy atom. The highest BCUT2D eigenvalue weighted by Crippen LogP contribution is 2.25.